The van der Waals surface area contributed by atoms with Gasteiger partial charge < -0.3 is 29.2 Å². The van der Waals surface area contributed by atoms with Crippen LogP contribution in [-0.4, -0.2) is 55.5 Å². The summed E-state index contributed by atoms with van der Waals surface area (Å²) in [7, 11) is 4.40. The van der Waals surface area contributed by atoms with Gasteiger partial charge in [0.15, 0.2) is 34.6 Å². The van der Waals surface area contributed by atoms with Gasteiger partial charge in [-0.15, -0.1) is 11.8 Å². The molecule has 0 aliphatic rings. The molecule has 3 rings (SSSR count). The number of hydrogen-bond acceptors (Lipinski definition) is 9. The number of rotatable bonds is 14. The number of phenolic OH excluding ortho intramolecular Hbond substituents is 1. The molecular formula is C28H30O8S. The minimum absolute atomic E-state index is 0.0440. The van der Waals surface area contributed by atoms with Crippen LogP contribution in [0.4, 0.5) is 0 Å². The number of carbonyl (C=O) groups excluding carboxylic acids is 2. The molecule has 0 aliphatic heterocycles. The Morgan fingerprint density at radius 3 is 1.92 bits per heavy atom. The van der Waals surface area contributed by atoms with Gasteiger partial charge in [0, 0.05) is 29.7 Å². The zero-order chi connectivity index (χ0) is 26.8. The molecule has 3 aromatic rings. The first-order chi connectivity index (χ1) is 17.9. The predicted octanol–water partition coefficient (Wildman–Crippen LogP) is 4.93. The molecular weight excluding hydrogens is 496 g/mol. The Kier molecular flexibility index (Phi) is 10.2. The number of phenols is 1. The van der Waals surface area contributed by atoms with E-state index in [1.54, 1.807) is 18.2 Å². The number of methoxy groups -OCH3 is 3. The molecule has 8 nitrogen and oxygen atoms in total. The first-order valence-corrected chi connectivity index (χ1v) is 12.5. The van der Waals surface area contributed by atoms with Crippen molar-refractivity contribution in [2.75, 3.05) is 33.7 Å². The summed E-state index contributed by atoms with van der Waals surface area (Å²) in [4.78, 5) is 26.4. The zero-order valence-electron chi connectivity index (χ0n) is 21.0. The number of aliphatic hydroxyl groups excluding tert-OH is 1. The maximum Gasteiger partial charge on any atom is 0.203 e. The van der Waals surface area contributed by atoms with Crippen molar-refractivity contribution in [1.82, 2.24) is 0 Å². The van der Waals surface area contributed by atoms with Gasteiger partial charge in [0.05, 0.1) is 32.8 Å². The monoisotopic (exact) mass is 526 g/mol. The average Bonchev–Trinajstić information content (AvgIpc) is 2.93. The van der Waals surface area contributed by atoms with Crippen LogP contribution in [0.1, 0.15) is 39.1 Å². The van der Waals surface area contributed by atoms with Crippen LogP contribution in [0.3, 0.4) is 0 Å². The van der Waals surface area contributed by atoms with Crippen molar-refractivity contribution >= 4 is 23.3 Å². The zero-order valence-corrected chi connectivity index (χ0v) is 21.8. The summed E-state index contributed by atoms with van der Waals surface area (Å²) in [5, 5.41) is 19.9. The molecule has 0 saturated carbocycles. The van der Waals surface area contributed by atoms with Crippen LogP contribution in [-0.2, 0) is 6.61 Å². The van der Waals surface area contributed by atoms with Crippen LogP contribution in [0.25, 0.3) is 0 Å². The molecule has 0 aliphatic carbocycles. The van der Waals surface area contributed by atoms with E-state index >= 15 is 0 Å². The summed E-state index contributed by atoms with van der Waals surface area (Å²) in [6.07, 6.45) is -0.0971. The number of Topliss-reactive ketones (excluding diaryl/α,β-unsaturated/α-hetero) is 2. The lowest BCUT2D eigenvalue weighted by Gasteiger charge is -2.14. The summed E-state index contributed by atoms with van der Waals surface area (Å²) in [5.41, 5.74) is 1.54. The highest BCUT2D eigenvalue weighted by Gasteiger charge is 2.20. The highest BCUT2D eigenvalue weighted by Crippen LogP contribution is 2.40. The molecule has 0 spiro atoms. The number of aliphatic hydroxyl groups is 1. The highest BCUT2D eigenvalue weighted by atomic mass is 32.2. The van der Waals surface area contributed by atoms with E-state index in [0.29, 0.717) is 39.0 Å². The second kappa shape index (κ2) is 13.6. The van der Waals surface area contributed by atoms with Gasteiger partial charge in [0.25, 0.3) is 0 Å². The van der Waals surface area contributed by atoms with E-state index in [-0.39, 0.29) is 49.1 Å². The molecule has 196 valence electrons. The van der Waals surface area contributed by atoms with E-state index in [1.165, 1.54) is 39.2 Å². The minimum Gasteiger partial charge on any atom is -0.503 e. The maximum atomic E-state index is 13.1. The van der Waals surface area contributed by atoms with Crippen molar-refractivity contribution in [3.63, 3.8) is 0 Å². The molecule has 37 heavy (non-hydrogen) atoms. The number of carbonyl (C=O) groups is 2. The Labute approximate surface area is 220 Å². The summed E-state index contributed by atoms with van der Waals surface area (Å²) in [5.74, 6) is 0.922. The molecule has 0 fully saturated rings. The Hall–Kier alpha value is -3.69. The fraction of sp³-hybridized carbons (Fsp3) is 0.286. The van der Waals surface area contributed by atoms with Crippen LogP contribution in [0.15, 0.2) is 59.5 Å². The molecule has 0 saturated heterocycles. The Bertz CT molecular complexity index is 1200. The minimum atomic E-state index is -0.281. The van der Waals surface area contributed by atoms with E-state index in [4.69, 9.17) is 18.9 Å². The largest absolute Gasteiger partial charge is 0.503 e. The molecule has 9 heteroatoms. The number of ketones is 2. The van der Waals surface area contributed by atoms with E-state index in [9.17, 15) is 19.8 Å². The highest BCUT2D eigenvalue weighted by molar-refractivity contribution is 7.99. The van der Waals surface area contributed by atoms with Crippen molar-refractivity contribution in [2.45, 2.75) is 24.3 Å². The van der Waals surface area contributed by atoms with E-state index in [2.05, 4.69) is 0 Å². The molecule has 3 aromatic carbocycles. The second-order valence-electron chi connectivity index (χ2n) is 7.93. The number of benzene rings is 3. The SMILES string of the molecule is COc1cc(C(=O)CCC(=O)c2cc(OCc3ccccc3)c(O)c(SCCO)c2)cc(OC)c1OC. The van der Waals surface area contributed by atoms with E-state index in [0.717, 1.165) is 5.56 Å². The second-order valence-corrected chi connectivity index (χ2v) is 9.06. The average molecular weight is 527 g/mol. The van der Waals surface area contributed by atoms with Crippen LogP contribution in [0.5, 0.6) is 28.7 Å². The summed E-state index contributed by atoms with van der Waals surface area (Å²) in [6.45, 7) is 0.113. The Morgan fingerprint density at radius 1 is 0.811 bits per heavy atom. The molecule has 2 N–H and O–H groups in total. The van der Waals surface area contributed by atoms with Crippen molar-refractivity contribution in [3.05, 3.63) is 71.3 Å². The summed E-state index contributed by atoms with van der Waals surface area (Å²) < 4.78 is 21.7. The van der Waals surface area contributed by atoms with Gasteiger partial charge in [-0.2, -0.15) is 0 Å². The van der Waals surface area contributed by atoms with Gasteiger partial charge >= 0.3 is 0 Å². The van der Waals surface area contributed by atoms with Gasteiger partial charge in [0.1, 0.15) is 6.61 Å². The third-order valence-electron chi connectivity index (χ3n) is 5.51. The van der Waals surface area contributed by atoms with Gasteiger partial charge in [0.2, 0.25) is 5.75 Å². The smallest absolute Gasteiger partial charge is 0.203 e. The predicted molar refractivity (Wildman–Crippen MR) is 141 cm³/mol. The molecule has 0 aromatic heterocycles. The normalized spacial score (nSPS) is 10.6. The first-order valence-electron chi connectivity index (χ1n) is 11.6. The summed E-state index contributed by atoms with van der Waals surface area (Å²) >= 11 is 1.21. The van der Waals surface area contributed by atoms with Crippen LogP contribution in [0, 0.1) is 0 Å². The van der Waals surface area contributed by atoms with Crippen LogP contribution in [0.2, 0.25) is 0 Å². The maximum absolute atomic E-state index is 13.1. The molecule has 0 bridgehead atoms. The number of ether oxygens (including phenoxy) is 4. The van der Waals surface area contributed by atoms with E-state index < -0.39 is 0 Å². The van der Waals surface area contributed by atoms with Crippen molar-refractivity contribution in [1.29, 1.82) is 0 Å². The van der Waals surface area contributed by atoms with Crippen LogP contribution < -0.4 is 18.9 Å². The number of aromatic hydroxyl groups is 1. The molecule has 0 unspecified atom stereocenters. The number of hydrogen-bond donors (Lipinski definition) is 2. The third kappa shape index (κ3) is 7.18. The lowest BCUT2D eigenvalue weighted by atomic mass is 10.0. The number of thioether (sulfide) groups is 1. The Balaban J connectivity index is 1.78. The van der Waals surface area contributed by atoms with Crippen molar-refractivity contribution in [2.24, 2.45) is 0 Å². The standard InChI is InChI=1S/C28H30O8S/c1-33-24-14-19(15-25(34-2)28(24)35-3)21(30)9-10-22(31)20-13-23(27(32)26(16-20)37-12-11-29)36-17-18-7-5-4-6-8-18/h4-8,13-16,29,32H,9-12,17H2,1-3H3. The molecule has 0 heterocycles. The van der Waals surface area contributed by atoms with Gasteiger partial charge in [-0.3, -0.25) is 9.59 Å². The fourth-order valence-corrected chi connectivity index (χ4v) is 4.37. The molecule has 0 radical (unpaired) electrons. The molecule has 0 atom stereocenters. The fourth-order valence-electron chi connectivity index (χ4n) is 3.61. The van der Waals surface area contributed by atoms with Crippen molar-refractivity contribution in [3.8, 4) is 28.7 Å². The van der Waals surface area contributed by atoms with E-state index in [1.807, 2.05) is 30.3 Å². The van der Waals surface area contributed by atoms with Crippen molar-refractivity contribution < 1.29 is 38.7 Å². The van der Waals surface area contributed by atoms with Gasteiger partial charge in [-0.25, -0.2) is 0 Å². The van der Waals surface area contributed by atoms with Crippen LogP contribution >= 0.6 is 11.8 Å². The summed E-state index contributed by atoms with van der Waals surface area (Å²) in [6, 6.07) is 15.6. The lowest BCUT2D eigenvalue weighted by Crippen LogP contribution is -2.07. The topological polar surface area (TPSA) is 112 Å². The third-order valence-corrected chi connectivity index (χ3v) is 6.52. The lowest BCUT2D eigenvalue weighted by molar-refractivity contribution is 0.0916. The quantitative estimate of drug-likeness (QED) is 0.223. The molecule has 0 amide bonds. The van der Waals surface area contributed by atoms with Gasteiger partial charge in [-0.1, -0.05) is 30.3 Å². The first kappa shape index (κ1) is 27.9. The Morgan fingerprint density at radius 2 is 1.38 bits per heavy atom. The van der Waals surface area contributed by atoms with Gasteiger partial charge in [-0.05, 0) is 29.8 Å².